The maximum Gasteiger partial charge on any atom is 0.0914 e. The predicted octanol–water partition coefficient (Wildman–Crippen LogP) is 4.72. The van der Waals surface area contributed by atoms with Gasteiger partial charge in [-0.25, -0.2) is 0 Å². The lowest BCUT2D eigenvalue weighted by Gasteiger charge is -2.27. The van der Waals surface area contributed by atoms with E-state index >= 15 is 0 Å². The summed E-state index contributed by atoms with van der Waals surface area (Å²) in [6.07, 6.45) is 0.969. The standard InChI is InChI=1S/C16H16ClF/c17-16(11-12-18,15-9-5-2-6-10-15)13-14-7-3-1-4-8-14/h1-10H,11-13H2. The maximum atomic E-state index is 12.8. The monoisotopic (exact) mass is 262 g/mol. The van der Waals surface area contributed by atoms with Crippen molar-refractivity contribution < 1.29 is 4.39 Å². The highest BCUT2D eigenvalue weighted by atomic mass is 35.5. The molecule has 0 spiro atoms. The number of hydrogen-bond acceptors (Lipinski definition) is 0. The first-order valence-corrected chi connectivity index (χ1v) is 6.47. The van der Waals surface area contributed by atoms with Crippen LogP contribution >= 0.6 is 11.6 Å². The second kappa shape index (κ2) is 6.01. The molecule has 18 heavy (non-hydrogen) atoms. The van der Waals surface area contributed by atoms with Crippen molar-refractivity contribution >= 4 is 11.6 Å². The van der Waals surface area contributed by atoms with E-state index in [1.165, 1.54) is 0 Å². The summed E-state index contributed by atoms with van der Waals surface area (Å²) in [5.74, 6) is 0. The molecule has 2 aromatic carbocycles. The molecule has 1 unspecified atom stereocenters. The fraction of sp³-hybridized carbons (Fsp3) is 0.250. The van der Waals surface area contributed by atoms with Crippen molar-refractivity contribution in [1.82, 2.24) is 0 Å². The molecule has 0 saturated heterocycles. The van der Waals surface area contributed by atoms with Crippen LogP contribution in [0.5, 0.6) is 0 Å². The van der Waals surface area contributed by atoms with E-state index in [4.69, 9.17) is 11.6 Å². The average Bonchev–Trinajstić information content (AvgIpc) is 2.41. The molecular formula is C16H16ClF. The van der Waals surface area contributed by atoms with E-state index in [9.17, 15) is 4.39 Å². The van der Waals surface area contributed by atoms with Gasteiger partial charge in [-0.15, -0.1) is 11.6 Å². The first kappa shape index (κ1) is 13.1. The maximum absolute atomic E-state index is 12.8. The predicted molar refractivity (Wildman–Crippen MR) is 74.7 cm³/mol. The Labute approximate surface area is 112 Å². The Hall–Kier alpha value is -1.34. The van der Waals surface area contributed by atoms with E-state index in [0.717, 1.165) is 11.1 Å². The second-order valence-electron chi connectivity index (χ2n) is 4.43. The van der Waals surface area contributed by atoms with Crippen LogP contribution in [0.4, 0.5) is 4.39 Å². The quantitative estimate of drug-likeness (QED) is 0.684. The van der Waals surface area contributed by atoms with E-state index in [-0.39, 0.29) is 0 Å². The molecule has 0 nitrogen and oxygen atoms in total. The number of rotatable bonds is 5. The summed E-state index contributed by atoms with van der Waals surface area (Å²) in [4.78, 5) is -0.655. The summed E-state index contributed by atoms with van der Waals surface area (Å²) in [6, 6.07) is 19.7. The minimum atomic E-state index is -0.655. The fourth-order valence-corrected chi connectivity index (χ4v) is 2.49. The normalized spacial score (nSPS) is 14.1. The molecule has 1 atom stereocenters. The Kier molecular flexibility index (Phi) is 4.38. The zero-order valence-electron chi connectivity index (χ0n) is 10.2. The third-order valence-corrected chi connectivity index (χ3v) is 3.65. The molecule has 0 amide bonds. The zero-order chi connectivity index (χ0) is 12.8. The van der Waals surface area contributed by atoms with Gasteiger partial charge in [-0.1, -0.05) is 60.7 Å². The van der Waals surface area contributed by atoms with Crippen molar-refractivity contribution in [3.8, 4) is 0 Å². The minimum absolute atomic E-state index is 0.327. The lowest BCUT2D eigenvalue weighted by Crippen LogP contribution is -2.22. The van der Waals surface area contributed by atoms with Crippen LogP contribution in [0, 0.1) is 0 Å². The van der Waals surface area contributed by atoms with Gasteiger partial charge in [0.25, 0.3) is 0 Å². The van der Waals surface area contributed by atoms with Crippen LogP contribution in [0.3, 0.4) is 0 Å². The van der Waals surface area contributed by atoms with Crippen LogP contribution in [0.2, 0.25) is 0 Å². The average molecular weight is 263 g/mol. The topological polar surface area (TPSA) is 0 Å². The van der Waals surface area contributed by atoms with E-state index in [1.807, 2.05) is 60.7 Å². The van der Waals surface area contributed by atoms with Gasteiger partial charge < -0.3 is 0 Å². The molecule has 0 radical (unpaired) electrons. The van der Waals surface area contributed by atoms with Gasteiger partial charge in [0.05, 0.1) is 11.5 Å². The van der Waals surface area contributed by atoms with Crippen molar-refractivity contribution in [3.63, 3.8) is 0 Å². The lowest BCUT2D eigenvalue weighted by atomic mass is 9.89. The minimum Gasteiger partial charge on any atom is -0.251 e. The lowest BCUT2D eigenvalue weighted by molar-refractivity contribution is 0.411. The van der Waals surface area contributed by atoms with Gasteiger partial charge in [-0.2, -0.15) is 0 Å². The van der Waals surface area contributed by atoms with Gasteiger partial charge in [0.15, 0.2) is 0 Å². The molecule has 0 aliphatic heterocycles. The molecule has 2 heteroatoms. The number of alkyl halides is 2. The highest BCUT2D eigenvalue weighted by Crippen LogP contribution is 2.36. The van der Waals surface area contributed by atoms with Crippen molar-refractivity contribution in [2.45, 2.75) is 17.7 Å². The first-order valence-electron chi connectivity index (χ1n) is 6.09. The van der Waals surface area contributed by atoms with E-state index in [2.05, 4.69) is 0 Å². The van der Waals surface area contributed by atoms with Crippen molar-refractivity contribution in [2.24, 2.45) is 0 Å². The molecule has 2 rings (SSSR count). The van der Waals surface area contributed by atoms with Gasteiger partial charge in [0.2, 0.25) is 0 Å². The Morgan fingerprint density at radius 3 is 2.00 bits per heavy atom. The Morgan fingerprint density at radius 1 is 0.889 bits per heavy atom. The summed E-state index contributed by atoms with van der Waals surface area (Å²) in [5, 5.41) is 0. The Balaban J connectivity index is 2.27. The molecular weight excluding hydrogens is 247 g/mol. The summed E-state index contributed by atoms with van der Waals surface area (Å²) >= 11 is 6.66. The van der Waals surface area contributed by atoms with Gasteiger partial charge in [0, 0.05) is 0 Å². The van der Waals surface area contributed by atoms with Crippen molar-refractivity contribution in [3.05, 3.63) is 71.8 Å². The molecule has 0 aliphatic rings. The zero-order valence-corrected chi connectivity index (χ0v) is 10.9. The van der Waals surface area contributed by atoms with Crippen LogP contribution < -0.4 is 0 Å². The molecule has 0 saturated carbocycles. The summed E-state index contributed by atoms with van der Waals surface area (Å²) in [7, 11) is 0. The van der Waals surface area contributed by atoms with Gasteiger partial charge in [-0.3, -0.25) is 4.39 Å². The second-order valence-corrected chi connectivity index (χ2v) is 5.16. The first-order chi connectivity index (χ1) is 8.74. The van der Waals surface area contributed by atoms with Gasteiger partial charge in [-0.05, 0) is 24.0 Å². The van der Waals surface area contributed by atoms with E-state index in [1.54, 1.807) is 0 Å². The van der Waals surface area contributed by atoms with Crippen LogP contribution in [0.1, 0.15) is 17.5 Å². The largest absolute Gasteiger partial charge is 0.251 e. The highest BCUT2D eigenvalue weighted by molar-refractivity contribution is 6.24. The van der Waals surface area contributed by atoms with Crippen molar-refractivity contribution in [1.29, 1.82) is 0 Å². The fourth-order valence-electron chi connectivity index (χ4n) is 2.14. The van der Waals surface area contributed by atoms with E-state index in [0.29, 0.717) is 12.8 Å². The smallest absolute Gasteiger partial charge is 0.0914 e. The number of halogens is 2. The van der Waals surface area contributed by atoms with Gasteiger partial charge >= 0.3 is 0 Å². The molecule has 0 heterocycles. The number of hydrogen-bond donors (Lipinski definition) is 0. The SMILES string of the molecule is FCCC(Cl)(Cc1ccccc1)c1ccccc1. The molecule has 0 fully saturated rings. The van der Waals surface area contributed by atoms with Crippen LogP contribution in [0.25, 0.3) is 0 Å². The van der Waals surface area contributed by atoms with E-state index < -0.39 is 11.5 Å². The molecule has 2 aromatic rings. The van der Waals surface area contributed by atoms with Crippen LogP contribution in [-0.4, -0.2) is 6.67 Å². The van der Waals surface area contributed by atoms with Gasteiger partial charge in [0.1, 0.15) is 0 Å². The summed E-state index contributed by atoms with van der Waals surface area (Å²) in [5.41, 5.74) is 2.11. The molecule has 0 aromatic heterocycles. The molecule has 0 aliphatic carbocycles. The summed E-state index contributed by atoms with van der Waals surface area (Å²) in [6.45, 7) is -0.411. The van der Waals surface area contributed by atoms with Crippen LogP contribution in [-0.2, 0) is 11.3 Å². The van der Waals surface area contributed by atoms with Crippen molar-refractivity contribution in [2.75, 3.05) is 6.67 Å². The highest BCUT2D eigenvalue weighted by Gasteiger charge is 2.29. The third kappa shape index (κ3) is 3.11. The molecule has 0 bridgehead atoms. The third-order valence-electron chi connectivity index (χ3n) is 3.11. The number of benzene rings is 2. The summed E-state index contributed by atoms with van der Waals surface area (Å²) < 4.78 is 12.8. The van der Waals surface area contributed by atoms with Crippen LogP contribution in [0.15, 0.2) is 60.7 Å². The molecule has 0 N–H and O–H groups in total. The Morgan fingerprint density at radius 2 is 1.44 bits per heavy atom. The Bertz CT molecular complexity index is 469. The molecule has 94 valence electrons.